The highest BCUT2D eigenvalue weighted by Crippen LogP contribution is 2.24. The lowest BCUT2D eigenvalue weighted by molar-refractivity contribution is 0.158. The highest BCUT2D eigenvalue weighted by molar-refractivity contribution is 9.09. The van der Waals surface area contributed by atoms with Gasteiger partial charge in [-0.15, -0.1) is 11.3 Å². The Morgan fingerprint density at radius 2 is 2.19 bits per heavy atom. The van der Waals surface area contributed by atoms with Crippen molar-refractivity contribution in [2.45, 2.75) is 45.2 Å². The van der Waals surface area contributed by atoms with E-state index >= 15 is 0 Å². The summed E-state index contributed by atoms with van der Waals surface area (Å²) in [6.07, 6.45) is 5.30. The van der Waals surface area contributed by atoms with Crippen molar-refractivity contribution in [3.05, 3.63) is 21.9 Å². The van der Waals surface area contributed by atoms with E-state index < -0.39 is 0 Å². The van der Waals surface area contributed by atoms with Gasteiger partial charge in [0.2, 0.25) is 0 Å². The number of alkyl halides is 1. The third-order valence-corrected chi connectivity index (χ3v) is 5.31. The maximum atomic E-state index is 3.65. The summed E-state index contributed by atoms with van der Waals surface area (Å²) >= 11 is 5.63. The molecule has 0 N–H and O–H groups in total. The topological polar surface area (TPSA) is 3.24 Å². The Balaban J connectivity index is 1.96. The third-order valence-electron chi connectivity index (χ3n) is 3.35. The van der Waals surface area contributed by atoms with Gasteiger partial charge in [0.25, 0.3) is 0 Å². The molecule has 1 unspecified atom stereocenters. The fourth-order valence-electron chi connectivity index (χ4n) is 2.34. The van der Waals surface area contributed by atoms with Crippen LogP contribution in [0.1, 0.15) is 35.9 Å². The summed E-state index contributed by atoms with van der Waals surface area (Å²) in [6, 6.07) is 5.34. The molecule has 90 valence electrons. The van der Waals surface area contributed by atoms with Gasteiger partial charge in [-0.25, -0.2) is 0 Å². The van der Waals surface area contributed by atoms with Gasteiger partial charge >= 0.3 is 0 Å². The third kappa shape index (κ3) is 3.08. The van der Waals surface area contributed by atoms with Crippen molar-refractivity contribution in [3.8, 4) is 0 Å². The Morgan fingerprint density at radius 3 is 2.88 bits per heavy atom. The molecule has 1 fully saturated rings. The molecule has 1 aromatic heterocycles. The molecule has 0 bridgehead atoms. The molecule has 1 aromatic rings. The van der Waals surface area contributed by atoms with Crippen LogP contribution < -0.4 is 0 Å². The molecule has 0 saturated carbocycles. The minimum atomic E-state index is 0.751. The quantitative estimate of drug-likeness (QED) is 0.758. The van der Waals surface area contributed by atoms with Gasteiger partial charge in [0.05, 0.1) is 0 Å². The fourth-order valence-corrected chi connectivity index (χ4v) is 4.06. The molecule has 1 aliphatic rings. The first-order chi connectivity index (χ1) is 7.83. The van der Waals surface area contributed by atoms with E-state index in [1.54, 1.807) is 0 Å². The molecule has 0 radical (unpaired) electrons. The molecule has 2 rings (SSSR count). The Morgan fingerprint density at radius 1 is 1.38 bits per heavy atom. The van der Waals surface area contributed by atoms with Gasteiger partial charge in [0.1, 0.15) is 0 Å². The first-order valence-electron chi connectivity index (χ1n) is 6.21. The molecule has 0 spiro atoms. The Kier molecular flexibility index (Phi) is 4.86. The molecule has 1 nitrogen and oxygen atoms in total. The standard InChI is InChI=1S/C13H20BrNS/c1-2-12-6-7-13(16-12)10-15-8-4-3-5-11(15)9-14/h6-7,11H,2-5,8-10H2,1H3. The van der Waals surface area contributed by atoms with Crippen LogP contribution in [-0.4, -0.2) is 22.8 Å². The maximum Gasteiger partial charge on any atom is 0.0331 e. The molecular formula is C13H20BrNS. The van der Waals surface area contributed by atoms with Crippen LogP contribution in [0.25, 0.3) is 0 Å². The van der Waals surface area contributed by atoms with Gasteiger partial charge in [0.15, 0.2) is 0 Å². The number of likely N-dealkylation sites (tertiary alicyclic amines) is 1. The van der Waals surface area contributed by atoms with Gasteiger partial charge in [0, 0.05) is 27.7 Å². The molecule has 1 saturated heterocycles. The van der Waals surface area contributed by atoms with E-state index in [0.29, 0.717) is 0 Å². The second kappa shape index (κ2) is 6.18. The second-order valence-electron chi connectivity index (χ2n) is 4.50. The molecule has 0 aliphatic carbocycles. The zero-order chi connectivity index (χ0) is 11.4. The smallest absolute Gasteiger partial charge is 0.0331 e. The van der Waals surface area contributed by atoms with Crippen molar-refractivity contribution in [2.75, 3.05) is 11.9 Å². The van der Waals surface area contributed by atoms with Gasteiger partial charge in [-0.2, -0.15) is 0 Å². The van der Waals surface area contributed by atoms with Gasteiger partial charge < -0.3 is 0 Å². The molecule has 0 aromatic carbocycles. The summed E-state index contributed by atoms with van der Waals surface area (Å²) < 4.78 is 0. The average molecular weight is 302 g/mol. The van der Waals surface area contributed by atoms with Crippen molar-refractivity contribution in [1.29, 1.82) is 0 Å². The van der Waals surface area contributed by atoms with Crippen LogP contribution in [0.4, 0.5) is 0 Å². The minimum absolute atomic E-state index is 0.751. The Labute approximate surface area is 111 Å². The van der Waals surface area contributed by atoms with Crippen LogP contribution in [0.5, 0.6) is 0 Å². The van der Waals surface area contributed by atoms with Crippen LogP contribution in [0.15, 0.2) is 12.1 Å². The summed E-state index contributed by atoms with van der Waals surface area (Å²) in [4.78, 5) is 5.69. The molecule has 3 heteroatoms. The molecule has 0 amide bonds. The van der Waals surface area contributed by atoms with Crippen molar-refractivity contribution in [2.24, 2.45) is 0 Å². The van der Waals surface area contributed by atoms with Gasteiger partial charge in [-0.3, -0.25) is 4.90 Å². The molecular weight excluding hydrogens is 282 g/mol. The van der Waals surface area contributed by atoms with E-state index in [1.807, 2.05) is 11.3 Å². The van der Waals surface area contributed by atoms with E-state index in [1.165, 1.54) is 42.0 Å². The summed E-state index contributed by atoms with van der Waals surface area (Å²) in [7, 11) is 0. The fraction of sp³-hybridized carbons (Fsp3) is 0.692. The minimum Gasteiger partial charge on any atom is -0.294 e. The monoisotopic (exact) mass is 301 g/mol. The lowest BCUT2D eigenvalue weighted by Gasteiger charge is -2.34. The Hall–Kier alpha value is 0.140. The number of piperidine rings is 1. The zero-order valence-corrected chi connectivity index (χ0v) is 12.3. The van der Waals surface area contributed by atoms with E-state index in [9.17, 15) is 0 Å². The van der Waals surface area contributed by atoms with Crippen molar-refractivity contribution in [1.82, 2.24) is 4.90 Å². The lowest BCUT2D eigenvalue weighted by atomic mass is 10.0. The number of nitrogens with zero attached hydrogens (tertiary/aromatic N) is 1. The number of rotatable bonds is 4. The summed E-state index contributed by atoms with van der Waals surface area (Å²) in [6.45, 7) is 4.66. The van der Waals surface area contributed by atoms with E-state index in [-0.39, 0.29) is 0 Å². The second-order valence-corrected chi connectivity index (χ2v) is 6.40. The van der Waals surface area contributed by atoms with Crippen molar-refractivity contribution < 1.29 is 0 Å². The Bertz CT molecular complexity index is 323. The summed E-state index contributed by atoms with van der Waals surface area (Å²) in [5.74, 6) is 0. The van der Waals surface area contributed by atoms with Crippen LogP contribution in [0.2, 0.25) is 0 Å². The molecule has 1 atom stereocenters. The van der Waals surface area contributed by atoms with E-state index in [4.69, 9.17) is 0 Å². The van der Waals surface area contributed by atoms with Crippen LogP contribution in [0, 0.1) is 0 Å². The highest BCUT2D eigenvalue weighted by Gasteiger charge is 2.21. The first kappa shape index (κ1) is 12.6. The zero-order valence-electron chi connectivity index (χ0n) is 9.92. The number of hydrogen-bond acceptors (Lipinski definition) is 2. The summed E-state index contributed by atoms with van der Waals surface area (Å²) in [5, 5.41) is 1.12. The number of halogens is 1. The van der Waals surface area contributed by atoms with Gasteiger partial charge in [-0.1, -0.05) is 29.3 Å². The normalized spacial score (nSPS) is 22.5. The van der Waals surface area contributed by atoms with Crippen LogP contribution in [0.3, 0.4) is 0 Å². The molecule has 2 heterocycles. The first-order valence-corrected chi connectivity index (χ1v) is 8.15. The predicted molar refractivity (Wildman–Crippen MR) is 75.5 cm³/mol. The van der Waals surface area contributed by atoms with Crippen LogP contribution >= 0.6 is 27.3 Å². The van der Waals surface area contributed by atoms with Gasteiger partial charge in [-0.05, 0) is 37.9 Å². The van der Waals surface area contributed by atoms with E-state index in [2.05, 4.69) is 39.9 Å². The van der Waals surface area contributed by atoms with Crippen LogP contribution in [-0.2, 0) is 13.0 Å². The number of thiophene rings is 1. The van der Waals surface area contributed by atoms with E-state index in [0.717, 1.165) is 17.9 Å². The predicted octanol–water partition coefficient (Wildman–Crippen LogP) is 4.06. The SMILES string of the molecule is CCc1ccc(CN2CCCCC2CBr)s1. The number of hydrogen-bond donors (Lipinski definition) is 0. The van der Waals surface area contributed by atoms with Crippen molar-refractivity contribution >= 4 is 27.3 Å². The maximum absolute atomic E-state index is 3.65. The number of aryl methyl sites for hydroxylation is 1. The highest BCUT2D eigenvalue weighted by atomic mass is 79.9. The lowest BCUT2D eigenvalue weighted by Crippen LogP contribution is -2.39. The molecule has 16 heavy (non-hydrogen) atoms. The molecule has 1 aliphatic heterocycles. The average Bonchev–Trinajstić information content (AvgIpc) is 2.77. The van der Waals surface area contributed by atoms with Crippen molar-refractivity contribution in [3.63, 3.8) is 0 Å². The summed E-state index contributed by atoms with van der Waals surface area (Å²) in [5.41, 5.74) is 0. The largest absolute Gasteiger partial charge is 0.294 e.